The Morgan fingerprint density at radius 1 is 1.41 bits per heavy atom. The molecule has 0 aliphatic rings. The van der Waals surface area contributed by atoms with Gasteiger partial charge in [0.1, 0.15) is 5.69 Å². The lowest BCUT2D eigenvalue weighted by molar-refractivity contribution is 0.533. The van der Waals surface area contributed by atoms with Crippen LogP contribution in [-0.4, -0.2) is 20.0 Å². The first kappa shape index (κ1) is 12.2. The summed E-state index contributed by atoms with van der Waals surface area (Å²) in [6.45, 7) is 4.44. The highest BCUT2D eigenvalue weighted by molar-refractivity contribution is 9.10. The number of nitrogens with two attached hydrogens (primary N) is 1. The number of hydrogen-bond donors (Lipinski definition) is 1. The van der Waals surface area contributed by atoms with E-state index in [1.54, 1.807) is 17.1 Å². The number of aromatic nitrogens is 4. The van der Waals surface area contributed by atoms with Crippen LogP contribution in [0.5, 0.6) is 0 Å². The zero-order chi connectivity index (χ0) is 12.5. The van der Waals surface area contributed by atoms with Gasteiger partial charge in [-0.25, -0.2) is 4.68 Å². The molecule has 0 aliphatic carbocycles. The molecule has 5 nitrogen and oxygen atoms in total. The maximum absolute atomic E-state index is 5.95. The lowest BCUT2D eigenvalue weighted by Crippen LogP contribution is -2.29. The van der Waals surface area contributed by atoms with Crippen molar-refractivity contribution in [3.05, 3.63) is 40.4 Å². The summed E-state index contributed by atoms with van der Waals surface area (Å²) in [5.41, 5.74) is 7.33. The Bertz CT molecular complexity index is 515. The summed E-state index contributed by atoms with van der Waals surface area (Å²) < 4.78 is 2.71. The molecule has 0 atom stereocenters. The first-order chi connectivity index (χ1) is 7.95. The van der Waals surface area contributed by atoms with Crippen LogP contribution in [0, 0.1) is 0 Å². The molecule has 2 rings (SSSR count). The van der Waals surface area contributed by atoms with E-state index >= 15 is 0 Å². The smallest absolute Gasteiger partial charge is 0.102 e. The van der Waals surface area contributed by atoms with Crippen molar-refractivity contribution in [3.63, 3.8) is 0 Å². The third kappa shape index (κ3) is 3.10. The predicted octanol–water partition coefficient (Wildman–Crippen LogP) is 1.68. The van der Waals surface area contributed by atoms with E-state index in [-0.39, 0.29) is 0 Å². The van der Waals surface area contributed by atoms with Gasteiger partial charge in [0.25, 0.3) is 0 Å². The SMILES string of the molecule is CC(C)(N)c1cn(Cc2cncc(Br)c2)nn1. The molecule has 2 heterocycles. The van der Waals surface area contributed by atoms with Crippen molar-refractivity contribution < 1.29 is 0 Å². The molecule has 0 radical (unpaired) electrons. The molecule has 0 fully saturated rings. The molecule has 0 aromatic carbocycles. The van der Waals surface area contributed by atoms with Crippen molar-refractivity contribution in [1.82, 2.24) is 20.0 Å². The quantitative estimate of drug-likeness (QED) is 0.935. The minimum atomic E-state index is -0.465. The summed E-state index contributed by atoms with van der Waals surface area (Å²) in [5, 5.41) is 8.11. The van der Waals surface area contributed by atoms with Gasteiger partial charge in [-0.3, -0.25) is 4.98 Å². The highest BCUT2D eigenvalue weighted by Gasteiger charge is 2.18. The van der Waals surface area contributed by atoms with Gasteiger partial charge in [-0.15, -0.1) is 5.10 Å². The van der Waals surface area contributed by atoms with Crippen LogP contribution in [-0.2, 0) is 12.1 Å². The molecule has 17 heavy (non-hydrogen) atoms. The van der Waals surface area contributed by atoms with Gasteiger partial charge in [0.15, 0.2) is 0 Å². The van der Waals surface area contributed by atoms with Gasteiger partial charge in [0.2, 0.25) is 0 Å². The Labute approximate surface area is 108 Å². The summed E-state index contributed by atoms with van der Waals surface area (Å²) in [6.07, 6.45) is 5.42. The summed E-state index contributed by atoms with van der Waals surface area (Å²) in [7, 11) is 0. The Hall–Kier alpha value is -1.27. The molecule has 2 aromatic rings. The maximum atomic E-state index is 5.95. The zero-order valence-corrected chi connectivity index (χ0v) is 11.3. The first-order valence-electron chi connectivity index (χ1n) is 5.24. The van der Waals surface area contributed by atoms with Crippen molar-refractivity contribution in [2.75, 3.05) is 0 Å². The number of nitrogens with zero attached hydrogens (tertiary/aromatic N) is 4. The van der Waals surface area contributed by atoms with Crippen molar-refractivity contribution in [2.24, 2.45) is 5.73 Å². The van der Waals surface area contributed by atoms with E-state index in [2.05, 4.69) is 31.2 Å². The molecule has 0 saturated heterocycles. The largest absolute Gasteiger partial charge is 0.320 e. The molecule has 6 heteroatoms. The van der Waals surface area contributed by atoms with Gasteiger partial charge < -0.3 is 5.73 Å². The van der Waals surface area contributed by atoms with E-state index in [1.807, 2.05) is 26.1 Å². The Morgan fingerprint density at radius 3 is 2.76 bits per heavy atom. The average Bonchev–Trinajstić information content (AvgIpc) is 2.65. The van der Waals surface area contributed by atoms with Crippen LogP contribution in [0.1, 0.15) is 25.1 Å². The molecule has 0 bridgehead atoms. The highest BCUT2D eigenvalue weighted by Crippen LogP contribution is 2.14. The maximum Gasteiger partial charge on any atom is 0.102 e. The number of pyridine rings is 1. The minimum Gasteiger partial charge on any atom is -0.320 e. The predicted molar refractivity (Wildman–Crippen MR) is 68.3 cm³/mol. The van der Waals surface area contributed by atoms with E-state index < -0.39 is 5.54 Å². The van der Waals surface area contributed by atoms with E-state index in [0.717, 1.165) is 15.7 Å². The molecule has 0 amide bonds. The molecule has 2 aromatic heterocycles. The fourth-order valence-electron chi connectivity index (χ4n) is 1.40. The van der Waals surface area contributed by atoms with Crippen LogP contribution < -0.4 is 5.73 Å². The highest BCUT2D eigenvalue weighted by atomic mass is 79.9. The number of halogens is 1. The molecule has 0 aliphatic heterocycles. The van der Waals surface area contributed by atoms with Crippen LogP contribution in [0.25, 0.3) is 0 Å². The first-order valence-corrected chi connectivity index (χ1v) is 6.03. The summed E-state index contributed by atoms with van der Waals surface area (Å²) in [6, 6.07) is 2.00. The third-order valence-corrected chi connectivity index (χ3v) is 2.74. The normalized spacial score (nSPS) is 11.8. The van der Waals surface area contributed by atoms with Crippen molar-refractivity contribution >= 4 is 15.9 Å². The molecular weight excluding hydrogens is 282 g/mol. The summed E-state index contributed by atoms with van der Waals surface area (Å²) >= 11 is 3.38. The topological polar surface area (TPSA) is 69.6 Å². The molecule has 2 N–H and O–H groups in total. The van der Waals surface area contributed by atoms with Crippen molar-refractivity contribution in [2.45, 2.75) is 25.9 Å². The van der Waals surface area contributed by atoms with E-state index in [1.165, 1.54) is 0 Å². The number of hydrogen-bond acceptors (Lipinski definition) is 4. The molecule has 0 unspecified atom stereocenters. The Balaban J connectivity index is 2.17. The molecule has 90 valence electrons. The van der Waals surface area contributed by atoms with Crippen LogP contribution in [0.15, 0.2) is 29.1 Å². The second-order valence-corrected chi connectivity index (χ2v) is 5.45. The van der Waals surface area contributed by atoms with Crippen molar-refractivity contribution in [3.8, 4) is 0 Å². The van der Waals surface area contributed by atoms with E-state index in [0.29, 0.717) is 6.54 Å². The van der Waals surface area contributed by atoms with Gasteiger partial charge in [-0.05, 0) is 41.4 Å². The Kier molecular flexibility index (Phi) is 3.26. The minimum absolute atomic E-state index is 0.465. The molecule has 0 saturated carbocycles. The van der Waals surface area contributed by atoms with Gasteiger partial charge in [0, 0.05) is 16.9 Å². The van der Waals surface area contributed by atoms with E-state index in [9.17, 15) is 0 Å². The van der Waals surface area contributed by atoms with Crippen LogP contribution in [0.4, 0.5) is 0 Å². The van der Waals surface area contributed by atoms with E-state index in [4.69, 9.17) is 5.73 Å². The fraction of sp³-hybridized carbons (Fsp3) is 0.364. The van der Waals surface area contributed by atoms with Crippen LogP contribution in [0.2, 0.25) is 0 Å². The van der Waals surface area contributed by atoms with Gasteiger partial charge in [0.05, 0.1) is 18.3 Å². The fourth-order valence-corrected chi connectivity index (χ4v) is 1.81. The zero-order valence-electron chi connectivity index (χ0n) is 9.76. The molecule has 0 spiro atoms. The second-order valence-electron chi connectivity index (χ2n) is 4.53. The van der Waals surface area contributed by atoms with Crippen LogP contribution >= 0.6 is 15.9 Å². The Morgan fingerprint density at radius 2 is 2.18 bits per heavy atom. The standard InChI is InChI=1S/C11H14BrN5/c1-11(2,13)10-7-17(16-15-10)6-8-3-9(12)5-14-4-8/h3-5,7H,6,13H2,1-2H3. The lowest BCUT2D eigenvalue weighted by atomic mass is 10.0. The average molecular weight is 296 g/mol. The monoisotopic (exact) mass is 295 g/mol. The number of rotatable bonds is 3. The second kappa shape index (κ2) is 4.54. The lowest BCUT2D eigenvalue weighted by Gasteiger charge is -2.13. The van der Waals surface area contributed by atoms with Crippen molar-refractivity contribution in [1.29, 1.82) is 0 Å². The summed E-state index contributed by atoms with van der Waals surface area (Å²) in [4.78, 5) is 4.10. The van der Waals surface area contributed by atoms with Gasteiger partial charge >= 0.3 is 0 Å². The molecular formula is C11H14BrN5. The summed E-state index contributed by atoms with van der Waals surface area (Å²) in [5.74, 6) is 0. The van der Waals surface area contributed by atoms with Gasteiger partial charge in [-0.2, -0.15) is 0 Å². The van der Waals surface area contributed by atoms with Crippen LogP contribution in [0.3, 0.4) is 0 Å². The third-order valence-electron chi connectivity index (χ3n) is 2.30. The van der Waals surface area contributed by atoms with Gasteiger partial charge in [-0.1, -0.05) is 5.21 Å².